The third-order valence-corrected chi connectivity index (χ3v) is 6.48. The molecule has 3 rings (SSSR count). The van der Waals surface area contributed by atoms with E-state index in [0.29, 0.717) is 35.5 Å². The Morgan fingerprint density at radius 2 is 2.00 bits per heavy atom. The molecule has 1 aromatic rings. The number of benzene rings is 1. The topological polar surface area (TPSA) is 42.0 Å². The van der Waals surface area contributed by atoms with Crippen LogP contribution in [0, 0.1) is 3.57 Å². The van der Waals surface area contributed by atoms with Crippen molar-refractivity contribution in [2.24, 2.45) is 0 Å². The zero-order chi connectivity index (χ0) is 21.0. The highest BCUT2D eigenvalue weighted by Crippen LogP contribution is 2.36. The molecule has 1 aliphatic carbocycles. The largest absolute Gasteiger partial charge is 0.490 e. The van der Waals surface area contributed by atoms with Crippen LogP contribution in [0.2, 0.25) is 0 Å². The van der Waals surface area contributed by atoms with Crippen molar-refractivity contribution >= 4 is 51.9 Å². The van der Waals surface area contributed by atoms with Crippen molar-refractivity contribution in [3.63, 3.8) is 0 Å². The predicted molar refractivity (Wildman–Crippen MR) is 128 cm³/mol. The van der Waals surface area contributed by atoms with Crippen molar-refractivity contribution in [1.82, 2.24) is 9.80 Å². The lowest BCUT2D eigenvalue weighted by Crippen LogP contribution is -2.41. The standard InChI is InChI=1S/C22H27IN2O3S/c1-4-11-28-20-17(23)12-15(14-19(20)27-5-2)13-18-21(26)25(22(29)24(18)3)16-9-7-6-8-10-16/h4,12-14,16H,1,5-11H2,2-3H3/b18-13-. The molecule has 1 saturated carbocycles. The maximum Gasteiger partial charge on any atom is 0.277 e. The summed E-state index contributed by atoms with van der Waals surface area (Å²) in [7, 11) is 1.87. The maximum atomic E-state index is 13.2. The van der Waals surface area contributed by atoms with Gasteiger partial charge < -0.3 is 14.4 Å². The summed E-state index contributed by atoms with van der Waals surface area (Å²) in [5, 5.41) is 0.596. The van der Waals surface area contributed by atoms with Crippen LogP contribution in [0.1, 0.15) is 44.6 Å². The van der Waals surface area contributed by atoms with Crippen LogP contribution in [-0.4, -0.2) is 47.1 Å². The highest BCUT2D eigenvalue weighted by molar-refractivity contribution is 14.1. The molecule has 29 heavy (non-hydrogen) atoms. The second-order valence-corrected chi connectivity index (χ2v) is 8.73. The number of nitrogens with zero attached hydrogens (tertiary/aromatic N) is 2. The highest BCUT2D eigenvalue weighted by atomic mass is 127. The van der Waals surface area contributed by atoms with E-state index in [1.807, 2.05) is 42.0 Å². The van der Waals surface area contributed by atoms with E-state index < -0.39 is 0 Å². The number of hydrogen-bond donors (Lipinski definition) is 0. The lowest BCUT2D eigenvalue weighted by Gasteiger charge is -2.30. The summed E-state index contributed by atoms with van der Waals surface area (Å²) in [6.07, 6.45) is 9.18. The molecule has 0 spiro atoms. The quantitative estimate of drug-likeness (QED) is 0.217. The average molecular weight is 526 g/mol. The normalized spacial score (nSPS) is 19.2. The fourth-order valence-electron chi connectivity index (χ4n) is 3.81. The third kappa shape index (κ3) is 4.77. The van der Waals surface area contributed by atoms with Crippen molar-refractivity contribution in [3.05, 3.63) is 39.6 Å². The first-order chi connectivity index (χ1) is 14.0. The van der Waals surface area contributed by atoms with E-state index >= 15 is 0 Å². The maximum absolute atomic E-state index is 13.2. The van der Waals surface area contributed by atoms with Gasteiger partial charge in [0, 0.05) is 13.1 Å². The van der Waals surface area contributed by atoms with E-state index in [4.69, 9.17) is 21.7 Å². The van der Waals surface area contributed by atoms with E-state index in [1.165, 1.54) is 6.42 Å². The molecular weight excluding hydrogens is 499 g/mol. The van der Waals surface area contributed by atoms with Gasteiger partial charge in [0.15, 0.2) is 16.6 Å². The van der Waals surface area contributed by atoms with Crippen LogP contribution in [0.3, 0.4) is 0 Å². The molecule has 1 saturated heterocycles. The minimum Gasteiger partial charge on any atom is -0.490 e. The second kappa shape index (κ2) is 9.93. The molecule has 1 heterocycles. The Morgan fingerprint density at radius 3 is 2.66 bits per heavy atom. The molecule has 0 N–H and O–H groups in total. The molecule has 156 valence electrons. The molecule has 1 aromatic carbocycles. The first-order valence-electron chi connectivity index (χ1n) is 10.0. The first kappa shape index (κ1) is 22.1. The Labute approximate surface area is 191 Å². The van der Waals surface area contributed by atoms with Gasteiger partial charge in [-0.2, -0.15) is 0 Å². The number of carbonyl (C=O) groups is 1. The molecule has 5 nitrogen and oxygen atoms in total. The van der Waals surface area contributed by atoms with Gasteiger partial charge in [0.1, 0.15) is 12.3 Å². The van der Waals surface area contributed by atoms with Gasteiger partial charge in [-0.15, -0.1) is 0 Å². The summed E-state index contributed by atoms with van der Waals surface area (Å²) in [5.74, 6) is 1.34. The van der Waals surface area contributed by atoms with Gasteiger partial charge in [-0.05, 0) is 78.3 Å². The lowest BCUT2D eigenvalue weighted by atomic mass is 9.94. The van der Waals surface area contributed by atoms with Crippen LogP contribution < -0.4 is 9.47 Å². The minimum absolute atomic E-state index is 0.00986. The number of rotatable bonds is 7. The van der Waals surface area contributed by atoms with Gasteiger partial charge in [-0.25, -0.2) is 0 Å². The van der Waals surface area contributed by atoms with E-state index in [0.717, 1.165) is 34.8 Å². The van der Waals surface area contributed by atoms with Gasteiger partial charge in [-0.3, -0.25) is 9.69 Å². The monoisotopic (exact) mass is 526 g/mol. The summed E-state index contributed by atoms with van der Waals surface area (Å²) in [4.78, 5) is 16.8. The van der Waals surface area contributed by atoms with Gasteiger partial charge in [0.2, 0.25) is 0 Å². The smallest absolute Gasteiger partial charge is 0.277 e. The molecule has 0 unspecified atom stereocenters. The molecule has 7 heteroatoms. The Bertz CT molecular complexity index is 834. The summed E-state index contributed by atoms with van der Waals surface area (Å²) >= 11 is 7.84. The van der Waals surface area contributed by atoms with E-state index in [2.05, 4.69) is 29.2 Å². The average Bonchev–Trinajstić information content (AvgIpc) is 2.91. The fourth-order valence-corrected chi connectivity index (χ4v) is 4.92. The Hall–Kier alpha value is -1.61. The zero-order valence-corrected chi connectivity index (χ0v) is 19.9. The van der Waals surface area contributed by atoms with Crippen molar-refractivity contribution in [3.8, 4) is 11.5 Å². The van der Waals surface area contributed by atoms with E-state index in [-0.39, 0.29) is 11.9 Å². The number of halogens is 1. The Morgan fingerprint density at radius 1 is 1.28 bits per heavy atom. The number of ether oxygens (including phenoxy) is 2. The molecule has 1 amide bonds. The lowest BCUT2D eigenvalue weighted by molar-refractivity contribution is -0.124. The first-order valence-corrected chi connectivity index (χ1v) is 11.5. The predicted octanol–water partition coefficient (Wildman–Crippen LogP) is 4.99. The highest BCUT2D eigenvalue weighted by Gasteiger charge is 2.40. The van der Waals surface area contributed by atoms with Gasteiger partial charge in [0.25, 0.3) is 5.91 Å². The van der Waals surface area contributed by atoms with E-state index in [9.17, 15) is 4.79 Å². The molecule has 1 aliphatic heterocycles. The molecule has 0 bridgehead atoms. The summed E-state index contributed by atoms with van der Waals surface area (Å²) in [6.45, 7) is 6.57. The van der Waals surface area contributed by atoms with Crippen LogP contribution in [0.4, 0.5) is 0 Å². The SMILES string of the molecule is C=CCOc1c(I)cc(/C=C2/C(=O)N(C3CCCCC3)C(=S)N2C)cc1OCC. The van der Waals surface area contributed by atoms with Crippen molar-refractivity contribution in [1.29, 1.82) is 0 Å². The number of likely N-dealkylation sites (N-methyl/N-ethyl adjacent to an activating group) is 1. The Balaban J connectivity index is 1.93. The summed E-state index contributed by atoms with van der Waals surface area (Å²) in [5.41, 5.74) is 1.48. The number of hydrogen-bond acceptors (Lipinski definition) is 4. The van der Waals surface area contributed by atoms with Crippen LogP contribution in [0.15, 0.2) is 30.5 Å². The molecule has 0 atom stereocenters. The second-order valence-electron chi connectivity index (χ2n) is 7.20. The van der Waals surface area contributed by atoms with Crippen molar-refractivity contribution in [2.45, 2.75) is 45.1 Å². The Kier molecular flexibility index (Phi) is 7.56. The van der Waals surface area contributed by atoms with Crippen LogP contribution in [0.25, 0.3) is 6.08 Å². The van der Waals surface area contributed by atoms with Crippen LogP contribution >= 0.6 is 34.8 Å². The molecule has 0 radical (unpaired) electrons. The number of carbonyl (C=O) groups excluding carboxylic acids is 1. The fraction of sp³-hybridized carbons (Fsp3) is 0.455. The zero-order valence-electron chi connectivity index (χ0n) is 16.9. The third-order valence-electron chi connectivity index (χ3n) is 5.21. The molecular formula is C22H27IN2O3S. The van der Waals surface area contributed by atoms with Crippen LogP contribution in [-0.2, 0) is 4.79 Å². The van der Waals surface area contributed by atoms with Gasteiger partial charge >= 0.3 is 0 Å². The van der Waals surface area contributed by atoms with Crippen LogP contribution in [0.5, 0.6) is 11.5 Å². The molecule has 0 aromatic heterocycles. The number of thiocarbonyl (C=S) groups is 1. The molecule has 2 fully saturated rings. The minimum atomic E-state index is -0.00986. The summed E-state index contributed by atoms with van der Waals surface area (Å²) in [6, 6.07) is 4.11. The molecule has 2 aliphatic rings. The van der Waals surface area contributed by atoms with Crippen molar-refractivity contribution < 1.29 is 14.3 Å². The van der Waals surface area contributed by atoms with Crippen molar-refractivity contribution in [2.75, 3.05) is 20.3 Å². The van der Waals surface area contributed by atoms with Gasteiger partial charge in [-0.1, -0.05) is 31.9 Å². The number of amides is 1. The van der Waals surface area contributed by atoms with E-state index in [1.54, 1.807) is 6.08 Å². The summed E-state index contributed by atoms with van der Waals surface area (Å²) < 4.78 is 12.5. The van der Waals surface area contributed by atoms with Gasteiger partial charge in [0.05, 0.1) is 10.2 Å².